The lowest BCUT2D eigenvalue weighted by molar-refractivity contribution is -0.133. The highest BCUT2D eigenvalue weighted by Gasteiger charge is 2.39. The van der Waals surface area contributed by atoms with Gasteiger partial charge in [0.25, 0.3) is 0 Å². The minimum absolute atomic E-state index is 0.168. The molecule has 1 heterocycles. The van der Waals surface area contributed by atoms with Gasteiger partial charge in [-0.3, -0.25) is 14.5 Å². The maximum absolute atomic E-state index is 14.2. The van der Waals surface area contributed by atoms with Crippen LogP contribution >= 0.6 is 0 Å². The third-order valence-electron chi connectivity index (χ3n) is 3.69. The van der Waals surface area contributed by atoms with Crippen molar-refractivity contribution >= 4 is 17.5 Å². The molecule has 1 saturated heterocycles. The monoisotopic (exact) mass is 292 g/mol. The Labute approximate surface area is 124 Å². The van der Waals surface area contributed by atoms with Crippen molar-refractivity contribution < 1.29 is 14.0 Å². The van der Waals surface area contributed by atoms with Gasteiger partial charge in [-0.1, -0.05) is 19.9 Å². The molecule has 2 rings (SSSR count). The van der Waals surface area contributed by atoms with Gasteiger partial charge in [0.05, 0.1) is 5.69 Å². The molecule has 0 spiro atoms. The molecule has 2 unspecified atom stereocenters. The van der Waals surface area contributed by atoms with Crippen LogP contribution in [-0.4, -0.2) is 23.9 Å². The van der Waals surface area contributed by atoms with Crippen molar-refractivity contribution in [2.24, 2.45) is 5.92 Å². The zero-order valence-electron chi connectivity index (χ0n) is 12.8. The average Bonchev–Trinajstić information content (AvgIpc) is 2.38. The molecule has 2 amide bonds. The normalized spacial score (nSPS) is 22.7. The molecule has 114 valence electrons. The van der Waals surface area contributed by atoms with Crippen molar-refractivity contribution in [2.75, 3.05) is 4.90 Å². The summed E-state index contributed by atoms with van der Waals surface area (Å²) in [6.07, 6.45) is 0.543. The van der Waals surface area contributed by atoms with Gasteiger partial charge >= 0.3 is 0 Å². The van der Waals surface area contributed by atoms with Crippen LogP contribution < -0.4 is 10.2 Å². The van der Waals surface area contributed by atoms with E-state index in [9.17, 15) is 14.0 Å². The highest BCUT2D eigenvalue weighted by atomic mass is 19.1. The Balaban J connectivity index is 2.38. The van der Waals surface area contributed by atoms with Crippen LogP contribution in [0.5, 0.6) is 0 Å². The molecule has 5 heteroatoms. The predicted molar refractivity (Wildman–Crippen MR) is 79.5 cm³/mol. The second-order valence-electron chi connectivity index (χ2n) is 6.03. The summed E-state index contributed by atoms with van der Waals surface area (Å²) in [6, 6.07) is 3.37. The fourth-order valence-corrected chi connectivity index (χ4v) is 2.60. The Kier molecular flexibility index (Phi) is 4.30. The van der Waals surface area contributed by atoms with Crippen molar-refractivity contribution in [1.29, 1.82) is 0 Å². The van der Waals surface area contributed by atoms with Gasteiger partial charge in [-0.15, -0.1) is 0 Å². The summed E-state index contributed by atoms with van der Waals surface area (Å²) in [5.41, 5.74) is 0.943. The maximum Gasteiger partial charge on any atom is 0.250 e. The third-order valence-corrected chi connectivity index (χ3v) is 3.69. The number of rotatable bonds is 3. The maximum atomic E-state index is 14.2. The van der Waals surface area contributed by atoms with Gasteiger partial charge in [0.15, 0.2) is 0 Å². The first-order valence-corrected chi connectivity index (χ1v) is 7.21. The zero-order chi connectivity index (χ0) is 15.7. The average molecular weight is 292 g/mol. The van der Waals surface area contributed by atoms with Gasteiger partial charge in [0.1, 0.15) is 17.9 Å². The van der Waals surface area contributed by atoms with E-state index in [1.54, 1.807) is 26.0 Å². The topological polar surface area (TPSA) is 49.4 Å². The van der Waals surface area contributed by atoms with E-state index in [0.717, 1.165) is 5.56 Å². The molecule has 0 radical (unpaired) electrons. The molecule has 1 aromatic rings. The lowest BCUT2D eigenvalue weighted by Crippen LogP contribution is -2.63. The molecule has 1 aliphatic heterocycles. The largest absolute Gasteiger partial charge is 0.342 e. The molecular formula is C16H21FN2O2. The smallest absolute Gasteiger partial charge is 0.250 e. The minimum Gasteiger partial charge on any atom is -0.342 e. The summed E-state index contributed by atoms with van der Waals surface area (Å²) in [6.45, 7) is 7.35. The number of amides is 2. The predicted octanol–water partition coefficient (Wildman–Crippen LogP) is 2.40. The van der Waals surface area contributed by atoms with Crippen molar-refractivity contribution in [3.05, 3.63) is 29.6 Å². The van der Waals surface area contributed by atoms with Crippen LogP contribution in [0.25, 0.3) is 0 Å². The molecule has 2 atom stereocenters. The summed E-state index contributed by atoms with van der Waals surface area (Å²) < 4.78 is 14.2. The van der Waals surface area contributed by atoms with E-state index in [4.69, 9.17) is 0 Å². The van der Waals surface area contributed by atoms with E-state index in [2.05, 4.69) is 5.32 Å². The summed E-state index contributed by atoms with van der Waals surface area (Å²) >= 11 is 0. The Morgan fingerprint density at radius 1 is 1.33 bits per heavy atom. The number of hydrogen-bond donors (Lipinski definition) is 1. The number of halogens is 1. The van der Waals surface area contributed by atoms with E-state index in [1.807, 2.05) is 13.8 Å². The number of hydrogen-bond acceptors (Lipinski definition) is 2. The number of nitrogens with one attached hydrogen (secondary N) is 1. The number of carbonyl (C=O) groups excluding carboxylic acids is 2. The van der Waals surface area contributed by atoms with Crippen molar-refractivity contribution in [2.45, 2.75) is 46.2 Å². The van der Waals surface area contributed by atoms with E-state index >= 15 is 0 Å². The molecule has 1 aromatic carbocycles. The second kappa shape index (κ2) is 5.84. The van der Waals surface area contributed by atoms with Gasteiger partial charge in [-0.05, 0) is 43.9 Å². The van der Waals surface area contributed by atoms with Gasteiger partial charge in [-0.25, -0.2) is 4.39 Å². The molecule has 0 bridgehead atoms. The molecular weight excluding hydrogens is 271 g/mol. The van der Waals surface area contributed by atoms with Crippen molar-refractivity contribution in [3.8, 4) is 0 Å². The van der Waals surface area contributed by atoms with Crippen LogP contribution in [0.2, 0.25) is 0 Å². The summed E-state index contributed by atoms with van der Waals surface area (Å²) in [4.78, 5) is 25.9. The molecule has 1 fully saturated rings. The summed E-state index contributed by atoms with van der Waals surface area (Å²) in [7, 11) is 0. The van der Waals surface area contributed by atoms with Gasteiger partial charge < -0.3 is 5.32 Å². The number of anilines is 1. The van der Waals surface area contributed by atoms with E-state index < -0.39 is 17.9 Å². The lowest BCUT2D eigenvalue weighted by Gasteiger charge is -2.38. The molecule has 1 N–H and O–H groups in total. The Bertz CT molecular complexity index is 571. The Hall–Kier alpha value is -1.91. The number of aryl methyl sites for hydroxylation is 1. The van der Waals surface area contributed by atoms with Crippen LogP contribution in [0.4, 0.5) is 10.1 Å². The van der Waals surface area contributed by atoms with E-state index in [0.29, 0.717) is 6.42 Å². The fourth-order valence-electron chi connectivity index (χ4n) is 2.60. The van der Waals surface area contributed by atoms with Crippen molar-refractivity contribution in [1.82, 2.24) is 5.32 Å². The quantitative estimate of drug-likeness (QED) is 0.930. The molecule has 21 heavy (non-hydrogen) atoms. The van der Waals surface area contributed by atoms with Crippen LogP contribution in [-0.2, 0) is 9.59 Å². The molecule has 0 aliphatic carbocycles. The van der Waals surface area contributed by atoms with Gasteiger partial charge in [0, 0.05) is 0 Å². The molecule has 0 saturated carbocycles. The number of benzene rings is 1. The van der Waals surface area contributed by atoms with Crippen LogP contribution in [0, 0.1) is 18.7 Å². The molecule has 1 aliphatic rings. The fraction of sp³-hybridized carbons (Fsp3) is 0.500. The first kappa shape index (κ1) is 15.5. The van der Waals surface area contributed by atoms with E-state index in [-0.39, 0.29) is 23.4 Å². The number of piperazine rings is 1. The standard InChI is InChI=1S/C16H21FN2O2/c1-9(2)7-13-16(21)19(11(4)15(20)18-13)14-6-5-10(3)8-12(14)17/h5-6,8-9,11,13H,7H2,1-4H3,(H,18,20). The Morgan fingerprint density at radius 2 is 2.00 bits per heavy atom. The lowest BCUT2D eigenvalue weighted by atomic mass is 9.98. The number of nitrogens with zero attached hydrogens (tertiary/aromatic N) is 1. The summed E-state index contributed by atoms with van der Waals surface area (Å²) in [5, 5.41) is 2.73. The minimum atomic E-state index is -0.710. The zero-order valence-corrected chi connectivity index (χ0v) is 12.8. The summed E-state index contributed by atoms with van der Waals surface area (Å²) in [5.74, 6) is -0.718. The first-order valence-electron chi connectivity index (χ1n) is 7.21. The molecule has 0 aromatic heterocycles. The highest BCUT2D eigenvalue weighted by molar-refractivity contribution is 6.08. The highest BCUT2D eigenvalue weighted by Crippen LogP contribution is 2.26. The van der Waals surface area contributed by atoms with Crippen LogP contribution in [0.15, 0.2) is 18.2 Å². The third kappa shape index (κ3) is 3.06. The molecule has 4 nitrogen and oxygen atoms in total. The number of carbonyl (C=O) groups is 2. The SMILES string of the molecule is Cc1ccc(N2C(=O)C(CC(C)C)NC(=O)C2C)c(F)c1. The van der Waals surface area contributed by atoms with Crippen LogP contribution in [0.3, 0.4) is 0 Å². The van der Waals surface area contributed by atoms with Crippen LogP contribution in [0.1, 0.15) is 32.8 Å². The van der Waals surface area contributed by atoms with Crippen molar-refractivity contribution in [3.63, 3.8) is 0 Å². The second-order valence-corrected chi connectivity index (χ2v) is 6.03. The van der Waals surface area contributed by atoms with Gasteiger partial charge in [-0.2, -0.15) is 0 Å². The Morgan fingerprint density at radius 3 is 2.57 bits per heavy atom. The first-order chi connectivity index (χ1) is 9.81. The van der Waals surface area contributed by atoms with Gasteiger partial charge in [0.2, 0.25) is 11.8 Å². The van der Waals surface area contributed by atoms with E-state index in [1.165, 1.54) is 11.0 Å².